The van der Waals surface area contributed by atoms with Crippen LogP contribution in [0, 0.1) is 0 Å². The van der Waals surface area contributed by atoms with Gasteiger partial charge in [0.2, 0.25) is 0 Å². The summed E-state index contributed by atoms with van der Waals surface area (Å²) in [6.07, 6.45) is 2.88. The minimum absolute atomic E-state index is 0.0273. The Hall–Kier alpha value is -1.80. The van der Waals surface area contributed by atoms with E-state index >= 15 is 0 Å². The van der Waals surface area contributed by atoms with Gasteiger partial charge >= 0.3 is 16.4 Å². The Morgan fingerprint density at radius 3 is 2.62 bits per heavy atom. The zero-order valence-electron chi connectivity index (χ0n) is 14.0. The van der Waals surface area contributed by atoms with Crippen LogP contribution < -0.4 is 4.18 Å². The van der Waals surface area contributed by atoms with E-state index in [0.29, 0.717) is 25.0 Å². The number of phenolic OH excluding ortho intramolecular Hbond substituents is 1. The predicted molar refractivity (Wildman–Crippen MR) is 88.1 cm³/mol. The minimum atomic E-state index is -4.25. The molecule has 0 saturated heterocycles. The van der Waals surface area contributed by atoms with Crippen molar-refractivity contribution >= 4 is 16.4 Å². The molecule has 0 fully saturated rings. The highest BCUT2D eigenvalue weighted by Gasteiger charge is 2.17. The van der Waals surface area contributed by atoms with E-state index in [1.54, 1.807) is 13.0 Å². The molecule has 0 aliphatic carbocycles. The molecule has 0 aliphatic heterocycles. The minimum Gasteiger partial charge on any atom is -0.504 e. The molecule has 24 heavy (non-hydrogen) atoms. The maximum atomic E-state index is 11.7. The van der Waals surface area contributed by atoms with Crippen LogP contribution in [0.5, 0.6) is 11.5 Å². The second-order valence-corrected chi connectivity index (χ2v) is 6.35. The van der Waals surface area contributed by atoms with E-state index in [1.807, 2.05) is 6.92 Å². The van der Waals surface area contributed by atoms with Crippen LogP contribution in [0.3, 0.4) is 0 Å². The summed E-state index contributed by atoms with van der Waals surface area (Å²) in [7, 11) is -4.25. The van der Waals surface area contributed by atoms with Crippen LogP contribution >= 0.6 is 0 Å². The number of carbonyl (C=O) groups excluding carboxylic acids is 1. The molecule has 0 aromatic heterocycles. The topological polar surface area (TPSA) is 99.1 Å². The van der Waals surface area contributed by atoms with Gasteiger partial charge in [-0.25, -0.2) is 4.18 Å². The van der Waals surface area contributed by atoms with Crippen LogP contribution in [0.2, 0.25) is 0 Å². The van der Waals surface area contributed by atoms with Gasteiger partial charge in [-0.2, -0.15) is 8.42 Å². The van der Waals surface area contributed by atoms with Crippen molar-refractivity contribution in [3.8, 4) is 11.5 Å². The SMILES string of the molecule is CCCCCOS(=O)(=O)Oc1cc(CCC(=O)OCC)ccc1O. The van der Waals surface area contributed by atoms with Gasteiger partial charge in [-0.15, -0.1) is 0 Å². The number of aryl methyl sites for hydroxylation is 1. The molecular weight excluding hydrogens is 336 g/mol. The Morgan fingerprint density at radius 2 is 1.96 bits per heavy atom. The lowest BCUT2D eigenvalue weighted by atomic mass is 10.1. The van der Waals surface area contributed by atoms with E-state index in [-0.39, 0.29) is 30.5 Å². The Balaban J connectivity index is 2.66. The monoisotopic (exact) mass is 360 g/mol. The van der Waals surface area contributed by atoms with Crippen LogP contribution in [0.15, 0.2) is 18.2 Å². The fourth-order valence-corrected chi connectivity index (χ4v) is 2.63. The van der Waals surface area contributed by atoms with Gasteiger partial charge in [0.25, 0.3) is 0 Å². The van der Waals surface area contributed by atoms with Gasteiger partial charge in [-0.1, -0.05) is 25.8 Å². The van der Waals surface area contributed by atoms with Crippen molar-refractivity contribution in [3.05, 3.63) is 23.8 Å². The molecule has 0 heterocycles. The molecule has 0 aliphatic rings. The van der Waals surface area contributed by atoms with E-state index in [1.165, 1.54) is 12.1 Å². The highest BCUT2D eigenvalue weighted by molar-refractivity contribution is 7.82. The first kappa shape index (κ1) is 20.2. The molecule has 1 aromatic rings. The summed E-state index contributed by atoms with van der Waals surface area (Å²) < 4.78 is 37.8. The number of aromatic hydroxyl groups is 1. The predicted octanol–water partition coefficient (Wildman–Crippen LogP) is 2.72. The van der Waals surface area contributed by atoms with Crippen molar-refractivity contribution in [2.24, 2.45) is 0 Å². The second kappa shape index (κ2) is 10.1. The van der Waals surface area contributed by atoms with E-state index in [2.05, 4.69) is 0 Å². The van der Waals surface area contributed by atoms with Crippen LogP contribution in [-0.2, 0) is 30.5 Å². The number of unbranched alkanes of at least 4 members (excludes halogenated alkanes) is 2. The summed E-state index contributed by atoms with van der Waals surface area (Å²) in [5.41, 5.74) is 0.636. The van der Waals surface area contributed by atoms with E-state index < -0.39 is 10.4 Å². The fraction of sp³-hybridized carbons (Fsp3) is 0.562. The van der Waals surface area contributed by atoms with Crippen molar-refractivity contribution in [2.45, 2.75) is 46.0 Å². The van der Waals surface area contributed by atoms with Gasteiger partial charge in [0.05, 0.1) is 13.2 Å². The van der Waals surface area contributed by atoms with Crippen LogP contribution in [0.4, 0.5) is 0 Å². The Kier molecular flexibility index (Phi) is 8.56. The Labute approximate surface area is 142 Å². The molecule has 0 atom stereocenters. The average Bonchev–Trinajstić information content (AvgIpc) is 2.52. The van der Waals surface area contributed by atoms with Crippen molar-refractivity contribution < 1.29 is 31.4 Å². The maximum Gasteiger partial charge on any atom is 0.449 e. The van der Waals surface area contributed by atoms with Crippen molar-refractivity contribution in [3.63, 3.8) is 0 Å². The third-order valence-corrected chi connectivity index (χ3v) is 3.95. The summed E-state index contributed by atoms with van der Waals surface area (Å²) in [6.45, 7) is 4.04. The van der Waals surface area contributed by atoms with Gasteiger partial charge in [0.15, 0.2) is 11.5 Å². The number of phenols is 1. The third-order valence-electron chi connectivity index (χ3n) is 3.11. The third kappa shape index (κ3) is 7.65. The average molecular weight is 360 g/mol. The Morgan fingerprint density at radius 1 is 1.21 bits per heavy atom. The van der Waals surface area contributed by atoms with Crippen LogP contribution in [0.25, 0.3) is 0 Å². The summed E-state index contributed by atoms with van der Waals surface area (Å²) in [4.78, 5) is 11.3. The van der Waals surface area contributed by atoms with Gasteiger partial charge in [-0.05, 0) is 37.5 Å². The normalized spacial score (nSPS) is 11.2. The highest BCUT2D eigenvalue weighted by Crippen LogP contribution is 2.29. The lowest BCUT2D eigenvalue weighted by molar-refractivity contribution is -0.143. The fourth-order valence-electron chi connectivity index (χ4n) is 1.91. The highest BCUT2D eigenvalue weighted by atomic mass is 32.3. The molecule has 0 bridgehead atoms. The quantitative estimate of drug-likeness (QED) is 0.478. The lowest BCUT2D eigenvalue weighted by Crippen LogP contribution is -2.14. The Bertz CT molecular complexity index is 625. The summed E-state index contributed by atoms with van der Waals surface area (Å²) >= 11 is 0. The molecule has 0 spiro atoms. The maximum absolute atomic E-state index is 11.7. The smallest absolute Gasteiger partial charge is 0.449 e. The van der Waals surface area contributed by atoms with Crippen molar-refractivity contribution in [2.75, 3.05) is 13.2 Å². The van der Waals surface area contributed by atoms with Crippen molar-refractivity contribution in [1.82, 2.24) is 0 Å². The molecule has 0 amide bonds. The molecule has 136 valence electrons. The van der Waals surface area contributed by atoms with Gasteiger partial charge in [0.1, 0.15) is 0 Å². The number of rotatable bonds is 11. The largest absolute Gasteiger partial charge is 0.504 e. The van der Waals surface area contributed by atoms with E-state index in [0.717, 1.165) is 12.8 Å². The first-order valence-electron chi connectivity index (χ1n) is 7.94. The molecule has 0 radical (unpaired) electrons. The number of carbonyl (C=O) groups is 1. The molecule has 7 nitrogen and oxygen atoms in total. The molecule has 0 saturated carbocycles. The molecular formula is C16H24O7S. The first-order valence-corrected chi connectivity index (χ1v) is 9.27. The zero-order valence-corrected chi connectivity index (χ0v) is 14.8. The molecule has 1 N–H and O–H groups in total. The number of hydrogen-bond acceptors (Lipinski definition) is 7. The summed E-state index contributed by atoms with van der Waals surface area (Å²) in [5.74, 6) is -0.901. The standard InChI is InChI=1S/C16H24O7S/c1-3-5-6-11-22-24(19,20)23-15-12-13(7-9-14(15)17)8-10-16(18)21-4-2/h7,9,12,17H,3-6,8,10-11H2,1-2H3. The van der Waals surface area contributed by atoms with E-state index in [4.69, 9.17) is 13.1 Å². The molecule has 8 heteroatoms. The number of benzene rings is 1. The number of hydrogen-bond donors (Lipinski definition) is 1. The second-order valence-electron chi connectivity index (χ2n) is 5.13. The zero-order chi connectivity index (χ0) is 18.0. The molecule has 1 aromatic carbocycles. The van der Waals surface area contributed by atoms with Gasteiger partial charge < -0.3 is 14.0 Å². The van der Waals surface area contributed by atoms with E-state index in [9.17, 15) is 18.3 Å². The van der Waals surface area contributed by atoms with Crippen molar-refractivity contribution in [1.29, 1.82) is 0 Å². The van der Waals surface area contributed by atoms with Gasteiger partial charge in [0, 0.05) is 6.42 Å². The lowest BCUT2D eigenvalue weighted by Gasteiger charge is -2.10. The first-order chi connectivity index (χ1) is 11.4. The summed E-state index contributed by atoms with van der Waals surface area (Å²) in [6, 6.07) is 4.25. The number of ether oxygens (including phenoxy) is 1. The summed E-state index contributed by atoms with van der Waals surface area (Å²) in [5, 5.41) is 9.73. The van der Waals surface area contributed by atoms with Crippen LogP contribution in [-0.4, -0.2) is 32.7 Å². The molecule has 1 rings (SSSR count). The number of esters is 1. The molecule has 0 unspecified atom stereocenters. The van der Waals surface area contributed by atoms with Gasteiger partial charge in [-0.3, -0.25) is 4.79 Å². The van der Waals surface area contributed by atoms with Crippen LogP contribution in [0.1, 0.15) is 45.1 Å².